The molecule has 1 saturated carbocycles. The number of hydrogen-bond donors (Lipinski definition) is 3. The first kappa shape index (κ1) is 19.6. The van der Waals surface area contributed by atoms with Crippen molar-refractivity contribution in [1.82, 2.24) is 10.6 Å². The van der Waals surface area contributed by atoms with Crippen molar-refractivity contribution in [2.45, 2.75) is 52.5 Å². The van der Waals surface area contributed by atoms with Gasteiger partial charge in [0.15, 0.2) is 0 Å². The summed E-state index contributed by atoms with van der Waals surface area (Å²) in [4.78, 5) is 24.3. The van der Waals surface area contributed by atoms with Gasteiger partial charge in [-0.05, 0) is 42.9 Å². The first-order valence-corrected chi connectivity index (χ1v) is 9.40. The number of halogens is 1. The third kappa shape index (κ3) is 5.92. The van der Waals surface area contributed by atoms with Gasteiger partial charge < -0.3 is 16.0 Å². The van der Waals surface area contributed by atoms with Crippen molar-refractivity contribution >= 4 is 29.2 Å². The average molecular weight is 366 g/mol. The summed E-state index contributed by atoms with van der Waals surface area (Å²) in [6.45, 7) is 6.82. The Morgan fingerprint density at radius 1 is 1.24 bits per heavy atom. The van der Waals surface area contributed by atoms with Crippen LogP contribution in [0.1, 0.15) is 56.8 Å². The molecule has 3 N–H and O–H groups in total. The van der Waals surface area contributed by atoms with Crippen LogP contribution in [0.3, 0.4) is 0 Å². The van der Waals surface area contributed by atoms with E-state index in [1.807, 2.05) is 13.8 Å². The van der Waals surface area contributed by atoms with Crippen LogP contribution >= 0.6 is 11.6 Å². The molecular weight excluding hydrogens is 338 g/mol. The number of benzene rings is 1. The number of rotatable bonds is 5. The maximum atomic E-state index is 12.2. The van der Waals surface area contributed by atoms with Gasteiger partial charge in [-0.2, -0.15) is 0 Å². The standard InChI is InChI=1S/C19H28ClN3O2/c1-12(2)11-21-18(24)15-9-8-14(10-16(15)20)22-19(25)23-17-7-5-4-6-13(17)3/h8-10,12-13,17H,4-7,11H2,1-3H3,(H,21,24)(H2,22,23,25). The average Bonchev–Trinajstić information content (AvgIpc) is 2.55. The van der Waals surface area contributed by atoms with Crippen LogP contribution in [0.2, 0.25) is 5.02 Å². The quantitative estimate of drug-likeness (QED) is 0.722. The van der Waals surface area contributed by atoms with Crippen LogP contribution in [0.25, 0.3) is 0 Å². The molecule has 1 aliphatic rings. The van der Waals surface area contributed by atoms with Crippen LogP contribution in [-0.4, -0.2) is 24.5 Å². The number of carbonyl (C=O) groups excluding carboxylic acids is 2. The Kier molecular flexibility index (Phi) is 7.12. The Balaban J connectivity index is 1.93. The number of carbonyl (C=O) groups is 2. The third-order valence-corrected chi connectivity index (χ3v) is 4.88. The second-order valence-corrected chi connectivity index (χ2v) is 7.67. The molecule has 2 unspecified atom stereocenters. The van der Waals surface area contributed by atoms with Crippen molar-refractivity contribution in [1.29, 1.82) is 0 Å². The lowest BCUT2D eigenvalue weighted by Gasteiger charge is -2.29. The van der Waals surface area contributed by atoms with Crippen LogP contribution in [-0.2, 0) is 0 Å². The van der Waals surface area contributed by atoms with E-state index in [-0.39, 0.29) is 18.0 Å². The molecule has 3 amide bonds. The smallest absolute Gasteiger partial charge is 0.319 e. The zero-order chi connectivity index (χ0) is 18.4. The van der Waals surface area contributed by atoms with E-state index < -0.39 is 0 Å². The van der Waals surface area contributed by atoms with Gasteiger partial charge in [0.05, 0.1) is 10.6 Å². The zero-order valence-electron chi connectivity index (χ0n) is 15.2. The van der Waals surface area contributed by atoms with E-state index in [9.17, 15) is 9.59 Å². The molecule has 1 aromatic rings. The summed E-state index contributed by atoms with van der Waals surface area (Å²) < 4.78 is 0. The summed E-state index contributed by atoms with van der Waals surface area (Å²) >= 11 is 6.21. The molecule has 0 saturated heterocycles. The Morgan fingerprint density at radius 2 is 1.96 bits per heavy atom. The van der Waals surface area contributed by atoms with Crippen LogP contribution in [0.4, 0.5) is 10.5 Å². The van der Waals surface area contributed by atoms with Gasteiger partial charge in [0.1, 0.15) is 0 Å². The van der Waals surface area contributed by atoms with Gasteiger partial charge in [0, 0.05) is 18.3 Å². The van der Waals surface area contributed by atoms with E-state index in [1.165, 1.54) is 6.42 Å². The molecule has 138 valence electrons. The largest absolute Gasteiger partial charge is 0.352 e. The minimum Gasteiger partial charge on any atom is -0.352 e. The molecule has 2 rings (SSSR count). The minimum absolute atomic E-state index is 0.203. The molecular formula is C19H28ClN3O2. The highest BCUT2D eigenvalue weighted by atomic mass is 35.5. The van der Waals surface area contributed by atoms with E-state index in [0.717, 1.165) is 19.3 Å². The fourth-order valence-electron chi connectivity index (χ4n) is 3.04. The minimum atomic E-state index is -0.230. The van der Waals surface area contributed by atoms with Gasteiger partial charge in [0.2, 0.25) is 0 Å². The molecule has 5 nitrogen and oxygen atoms in total. The lowest BCUT2D eigenvalue weighted by molar-refractivity contribution is 0.0949. The van der Waals surface area contributed by atoms with Gasteiger partial charge in [-0.25, -0.2) is 4.79 Å². The number of anilines is 1. The summed E-state index contributed by atoms with van der Waals surface area (Å²) in [7, 11) is 0. The molecule has 0 spiro atoms. The number of amides is 3. The number of hydrogen-bond acceptors (Lipinski definition) is 2. The second kappa shape index (κ2) is 9.09. The molecule has 1 fully saturated rings. The Labute approximate surface area is 154 Å². The van der Waals surface area contributed by atoms with Crippen molar-refractivity contribution in [3.05, 3.63) is 28.8 Å². The second-order valence-electron chi connectivity index (χ2n) is 7.27. The van der Waals surface area contributed by atoms with Gasteiger partial charge in [0.25, 0.3) is 5.91 Å². The molecule has 0 aliphatic heterocycles. The molecule has 6 heteroatoms. The van der Waals surface area contributed by atoms with Gasteiger partial charge in [-0.1, -0.05) is 45.2 Å². The number of nitrogens with one attached hydrogen (secondary N) is 3. The molecule has 0 aromatic heterocycles. The van der Waals surface area contributed by atoms with Gasteiger partial charge in [-0.15, -0.1) is 0 Å². The van der Waals surface area contributed by atoms with Crippen LogP contribution in [0, 0.1) is 11.8 Å². The first-order valence-electron chi connectivity index (χ1n) is 9.02. The number of urea groups is 1. The van der Waals surface area contributed by atoms with Crippen molar-refractivity contribution in [2.24, 2.45) is 11.8 Å². The SMILES string of the molecule is CC(C)CNC(=O)c1ccc(NC(=O)NC2CCCCC2C)cc1Cl. The fraction of sp³-hybridized carbons (Fsp3) is 0.579. The van der Waals surface area contributed by atoms with E-state index in [1.54, 1.807) is 18.2 Å². The van der Waals surface area contributed by atoms with E-state index in [0.29, 0.717) is 34.7 Å². The highest BCUT2D eigenvalue weighted by Crippen LogP contribution is 2.24. The third-order valence-electron chi connectivity index (χ3n) is 4.57. The normalized spacial score (nSPS) is 20.2. The fourth-order valence-corrected chi connectivity index (χ4v) is 3.30. The summed E-state index contributed by atoms with van der Waals surface area (Å²) in [6.07, 6.45) is 4.56. The highest BCUT2D eigenvalue weighted by molar-refractivity contribution is 6.34. The first-order chi connectivity index (χ1) is 11.9. The summed E-state index contributed by atoms with van der Waals surface area (Å²) in [5.41, 5.74) is 0.987. The highest BCUT2D eigenvalue weighted by Gasteiger charge is 2.22. The zero-order valence-corrected chi connectivity index (χ0v) is 16.0. The van der Waals surface area contributed by atoms with E-state index in [4.69, 9.17) is 11.6 Å². The summed E-state index contributed by atoms with van der Waals surface area (Å²) in [5, 5.41) is 8.99. The Hall–Kier alpha value is -1.75. The van der Waals surface area contributed by atoms with Crippen molar-refractivity contribution in [2.75, 3.05) is 11.9 Å². The Bertz CT molecular complexity index is 619. The lowest BCUT2D eigenvalue weighted by Crippen LogP contribution is -2.43. The summed E-state index contributed by atoms with van der Waals surface area (Å²) in [6, 6.07) is 4.92. The molecule has 0 heterocycles. The lowest BCUT2D eigenvalue weighted by atomic mass is 9.86. The summed E-state index contributed by atoms with van der Waals surface area (Å²) in [5.74, 6) is 0.662. The Morgan fingerprint density at radius 3 is 2.60 bits per heavy atom. The van der Waals surface area contributed by atoms with Crippen molar-refractivity contribution in [3.8, 4) is 0 Å². The van der Waals surface area contributed by atoms with Crippen LogP contribution < -0.4 is 16.0 Å². The van der Waals surface area contributed by atoms with Crippen LogP contribution in [0.5, 0.6) is 0 Å². The molecule has 1 aromatic carbocycles. The van der Waals surface area contributed by atoms with Gasteiger partial charge in [-0.3, -0.25) is 4.79 Å². The van der Waals surface area contributed by atoms with Crippen molar-refractivity contribution in [3.63, 3.8) is 0 Å². The predicted molar refractivity (Wildman–Crippen MR) is 102 cm³/mol. The molecule has 2 atom stereocenters. The van der Waals surface area contributed by atoms with Crippen molar-refractivity contribution < 1.29 is 9.59 Å². The molecule has 0 radical (unpaired) electrons. The van der Waals surface area contributed by atoms with Gasteiger partial charge >= 0.3 is 6.03 Å². The van der Waals surface area contributed by atoms with Crippen LogP contribution in [0.15, 0.2) is 18.2 Å². The maximum Gasteiger partial charge on any atom is 0.319 e. The molecule has 1 aliphatic carbocycles. The maximum absolute atomic E-state index is 12.2. The molecule has 0 bridgehead atoms. The monoisotopic (exact) mass is 365 g/mol. The molecule has 25 heavy (non-hydrogen) atoms. The topological polar surface area (TPSA) is 70.2 Å². The van der Waals surface area contributed by atoms with E-state index in [2.05, 4.69) is 22.9 Å². The predicted octanol–water partition coefficient (Wildman–Crippen LogP) is 4.43. The van der Waals surface area contributed by atoms with E-state index >= 15 is 0 Å².